The van der Waals surface area contributed by atoms with Crippen LogP contribution in [0, 0.1) is 20.2 Å². The van der Waals surface area contributed by atoms with Crippen LogP contribution in [0.1, 0.15) is 10.8 Å². The lowest BCUT2D eigenvalue weighted by Crippen LogP contribution is -2.09. The van der Waals surface area contributed by atoms with E-state index in [1.165, 1.54) is 36.0 Å². The number of nitro benzene ring substituents is 2. The van der Waals surface area contributed by atoms with Crippen molar-refractivity contribution in [3.63, 3.8) is 0 Å². The molecule has 1 heterocycles. The number of amides is 1. The van der Waals surface area contributed by atoms with Crippen molar-refractivity contribution in [3.05, 3.63) is 62.2 Å². The Morgan fingerprint density at radius 3 is 2.38 bits per heavy atom. The van der Waals surface area contributed by atoms with Gasteiger partial charge in [-0.05, 0) is 24.5 Å². The van der Waals surface area contributed by atoms with E-state index in [1.807, 2.05) is 0 Å². The molecule has 0 aliphatic carbocycles. The topological polar surface area (TPSA) is 115 Å². The van der Waals surface area contributed by atoms with Gasteiger partial charge in [0.05, 0.1) is 32.2 Å². The van der Waals surface area contributed by atoms with E-state index >= 15 is 0 Å². The summed E-state index contributed by atoms with van der Waals surface area (Å²) in [5.41, 5.74) is 0.400. The van der Waals surface area contributed by atoms with Crippen LogP contribution in [-0.2, 0) is 4.79 Å². The summed E-state index contributed by atoms with van der Waals surface area (Å²) in [5.74, 6) is -0.333. The van der Waals surface area contributed by atoms with E-state index in [0.717, 1.165) is 0 Å². The van der Waals surface area contributed by atoms with Crippen LogP contribution < -0.4 is 5.32 Å². The third-order valence-electron chi connectivity index (χ3n) is 3.78. The Labute approximate surface area is 140 Å². The smallest absolute Gasteiger partial charge is 0.284 e. The summed E-state index contributed by atoms with van der Waals surface area (Å²) >= 11 is 1.18. The highest BCUT2D eigenvalue weighted by molar-refractivity contribution is 7.99. The Balaban J connectivity index is 2.33. The van der Waals surface area contributed by atoms with E-state index in [2.05, 4.69) is 5.32 Å². The molecule has 2 aromatic rings. The van der Waals surface area contributed by atoms with Gasteiger partial charge in [0, 0.05) is 6.07 Å². The van der Waals surface area contributed by atoms with Gasteiger partial charge in [-0.25, -0.2) is 0 Å². The first-order valence-corrected chi connectivity index (χ1v) is 8.13. The van der Waals surface area contributed by atoms with Crippen LogP contribution >= 0.6 is 11.8 Å². The molecule has 8 nitrogen and oxygen atoms in total. The zero-order valence-electron chi connectivity index (χ0n) is 12.4. The number of benzene rings is 2. The number of rotatable bonds is 4. The molecular formula is C15H11N3O5S. The number of nitrogens with zero attached hydrogens (tertiary/aromatic N) is 2. The first-order chi connectivity index (χ1) is 11.5. The number of anilines is 1. The zero-order chi connectivity index (χ0) is 17.4. The number of nitro groups is 2. The minimum Gasteiger partial charge on any atom is -0.324 e. The number of hydrogen-bond donors (Lipinski definition) is 1. The van der Waals surface area contributed by atoms with Crippen LogP contribution in [-0.4, -0.2) is 22.0 Å². The predicted molar refractivity (Wildman–Crippen MR) is 90.1 cm³/mol. The fraction of sp³-hybridized carbons (Fsp3) is 0.133. The molecule has 0 spiro atoms. The van der Waals surface area contributed by atoms with Crippen LogP contribution in [0.3, 0.4) is 0 Å². The highest BCUT2D eigenvalue weighted by Gasteiger charge is 2.39. The molecule has 0 fully saturated rings. The van der Waals surface area contributed by atoms with Crippen molar-refractivity contribution in [1.82, 2.24) is 0 Å². The number of fused-ring (bicyclic) bond motifs is 1. The van der Waals surface area contributed by atoms with E-state index in [0.29, 0.717) is 5.69 Å². The molecule has 122 valence electrons. The molecule has 0 bridgehead atoms. The molecule has 1 aliphatic heterocycles. The average molecular weight is 345 g/mol. The van der Waals surface area contributed by atoms with Crippen molar-refractivity contribution in [3.8, 4) is 11.1 Å². The Bertz CT molecular complexity index is 883. The van der Waals surface area contributed by atoms with Gasteiger partial charge >= 0.3 is 0 Å². The van der Waals surface area contributed by atoms with Gasteiger partial charge in [-0.15, -0.1) is 11.8 Å². The molecule has 1 aliphatic rings. The Hall–Kier alpha value is -2.94. The molecule has 0 radical (unpaired) electrons. The number of nitrogens with one attached hydrogen (secondary N) is 1. The molecule has 0 aromatic heterocycles. The number of carbonyl (C=O) groups is 1. The van der Waals surface area contributed by atoms with Crippen molar-refractivity contribution < 1.29 is 14.6 Å². The second-order valence-electron chi connectivity index (χ2n) is 5.06. The summed E-state index contributed by atoms with van der Waals surface area (Å²) in [6.45, 7) is 0. The summed E-state index contributed by atoms with van der Waals surface area (Å²) in [4.78, 5) is 33.8. The first-order valence-electron chi connectivity index (χ1n) is 6.84. The molecule has 0 saturated carbocycles. The Morgan fingerprint density at radius 2 is 1.75 bits per heavy atom. The number of carbonyl (C=O) groups excluding carboxylic acids is 1. The molecule has 2 aromatic carbocycles. The summed E-state index contributed by atoms with van der Waals surface area (Å²) in [5, 5.41) is 24.8. The Morgan fingerprint density at radius 1 is 1.04 bits per heavy atom. The minimum atomic E-state index is -0.719. The first kappa shape index (κ1) is 15.9. The third-order valence-corrected chi connectivity index (χ3v) is 4.71. The van der Waals surface area contributed by atoms with Crippen LogP contribution in [0.15, 0.2) is 36.4 Å². The average Bonchev–Trinajstić information content (AvgIpc) is 2.88. The van der Waals surface area contributed by atoms with Crippen molar-refractivity contribution in [2.24, 2.45) is 0 Å². The number of thioether (sulfide) groups is 1. The number of para-hydroxylation sites is 1. The van der Waals surface area contributed by atoms with Gasteiger partial charge in [0.1, 0.15) is 5.25 Å². The van der Waals surface area contributed by atoms with Gasteiger partial charge in [0.25, 0.3) is 11.4 Å². The lowest BCUT2D eigenvalue weighted by atomic mass is 9.97. The van der Waals surface area contributed by atoms with Crippen molar-refractivity contribution >= 4 is 34.7 Å². The van der Waals surface area contributed by atoms with Gasteiger partial charge in [-0.3, -0.25) is 25.0 Å². The SMILES string of the molecule is CSC1C(=O)Nc2ccc(-c3ccccc3[N+](=O)[O-])c([N+](=O)[O-])c21. The predicted octanol–water partition coefficient (Wildman–Crippen LogP) is 3.53. The normalized spacial score (nSPS) is 15.7. The fourth-order valence-electron chi connectivity index (χ4n) is 2.81. The summed E-state index contributed by atoms with van der Waals surface area (Å²) < 4.78 is 0. The molecule has 9 heteroatoms. The fourth-order valence-corrected chi connectivity index (χ4v) is 3.56. The quantitative estimate of drug-likeness (QED) is 0.669. The van der Waals surface area contributed by atoms with Crippen LogP contribution in [0.4, 0.5) is 17.1 Å². The Kier molecular flexibility index (Phi) is 3.94. The highest BCUT2D eigenvalue weighted by atomic mass is 32.2. The maximum Gasteiger partial charge on any atom is 0.284 e. The van der Waals surface area contributed by atoms with Crippen LogP contribution in [0.25, 0.3) is 11.1 Å². The van der Waals surface area contributed by atoms with Gasteiger partial charge in [0.2, 0.25) is 5.91 Å². The highest BCUT2D eigenvalue weighted by Crippen LogP contribution is 2.49. The van der Waals surface area contributed by atoms with Gasteiger partial charge < -0.3 is 5.32 Å². The summed E-state index contributed by atoms with van der Waals surface area (Å²) in [7, 11) is 0. The van der Waals surface area contributed by atoms with Gasteiger partial charge in [-0.1, -0.05) is 12.1 Å². The van der Waals surface area contributed by atoms with E-state index in [9.17, 15) is 25.0 Å². The summed E-state index contributed by atoms with van der Waals surface area (Å²) in [6.07, 6.45) is 1.68. The second-order valence-corrected chi connectivity index (χ2v) is 6.00. The lowest BCUT2D eigenvalue weighted by Gasteiger charge is -2.10. The standard InChI is InChI=1S/C15H11N3O5S/c1-24-14-12-10(16-15(14)19)7-6-9(13(12)18(22)23)8-4-2-3-5-11(8)17(20)21/h2-7,14H,1H3,(H,16,19). The molecule has 1 amide bonds. The van der Waals surface area contributed by atoms with Gasteiger partial charge in [0.15, 0.2) is 0 Å². The molecule has 1 N–H and O–H groups in total. The van der Waals surface area contributed by atoms with E-state index in [1.54, 1.807) is 18.4 Å². The second kappa shape index (κ2) is 5.93. The molecule has 3 rings (SSSR count). The molecule has 1 atom stereocenters. The van der Waals surface area contributed by atoms with Crippen LogP contribution in [0.5, 0.6) is 0 Å². The molecule has 1 unspecified atom stereocenters. The number of hydrogen-bond acceptors (Lipinski definition) is 6. The summed E-state index contributed by atoms with van der Waals surface area (Å²) in [6, 6.07) is 8.81. The maximum atomic E-state index is 12.0. The lowest BCUT2D eigenvalue weighted by molar-refractivity contribution is -0.386. The van der Waals surface area contributed by atoms with Gasteiger partial charge in [-0.2, -0.15) is 0 Å². The van der Waals surface area contributed by atoms with Crippen molar-refractivity contribution in [1.29, 1.82) is 0 Å². The minimum absolute atomic E-state index is 0.126. The largest absolute Gasteiger partial charge is 0.324 e. The third kappa shape index (κ3) is 2.38. The van der Waals surface area contributed by atoms with E-state index < -0.39 is 15.1 Å². The zero-order valence-corrected chi connectivity index (χ0v) is 13.2. The molecular weight excluding hydrogens is 334 g/mol. The molecule has 24 heavy (non-hydrogen) atoms. The van der Waals surface area contributed by atoms with Crippen molar-refractivity contribution in [2.45, 2.75) is 5.25 Å². The van der Waals surface area contributed by atoms with E-state index in [4.69, 9.17) is 0 Å². The van der Waals surface area contributed by atoms with E-state index in [-0.39, 0.29) is 34.0 Å². The maximum absolute atomic E-state index is 12.0. The van der Waals surface area contributed by atoms with Crippen LogP contribution in [0.2, 0.25) is 0 Å². The van der Waals surface area contributed by atoms with Crippen molar-refractivity contribution in [2.75, 3.05) is 11.6 Å². The monoisotopic (exact) mass is 345 g/mol. The molecule has 0 saturated heterocycles.